The number of allylic oxidation sites excluding steroid dienone is 4. The van der Waals surface area contributed by atoms with Crippen LogP contribution in [0.2, 0.25) is 0 Å². The third-order valence-electron chi connectivity index (χ3n) is 10.4. The van der Waals surface area contributed by atoms with Gasteiger partial charge in [-0.15, -0.1) is 0 Å². The highest BCUT2D eigenvalue weighted by Crippen LogP contribution is 2.80. The van der Waals surface area contributed by atoms with Crippen LogP contribution in [0.5, 0.6) is 0 Å². The molecule has 3 fully saturated rings. The minimum absolute atomic E-state index is 0.120. The van der Waals surface area contributed by atoms with Crippen LogP contribution in [0.15, 0.2) is 35.1 Å². The molecule has 0 aromatic carbocycles. The third-order valence-corrected chi connectivity index (χ3v) is 10.4. The normalized spacial score (nSPS) is 51.5. The average Bonchev–Trinajstić information content (AvgIpc) is 3.28. The second-order valence-corrected chi connectivity index (χ2v) is 11.9. The number of aliphatic hydroxyl groups excluding tert-OH is 2. The van der Waals surface area contributed by atoms with Gasteiger partial charge in [0.2, 0.25) is 12.1 Å². The quantitative estimate of drug-likeness (QED) is 0.463. The first-order valence-electron chi connectivity index (χ1n) is 11.8. The van der Waals surface area contributed by atoms with E-state index < -0.39 is 39.5 Å². The Balaban J connectivity index is 1.53. The number of ketones is 2. The molecular formula is C26H30O7. The lowest BCUT2D eigenvalue weighted by Crippen LogP contribution is -2.66. The molecule has 1 unspecified atom stereocenters. The van der Waals surface area contributed by atoms with E-state index in [9.17, 15) is 24.6 Å². The standard InChI is InChI=1S/C26H30O7/c1-22(2)15(27)7-8-23(3)14-6-9-24(4)13(12-10-17(28)32-21(12)31)11-16-26(24,33-16)25(14,5)20(30)18(29)19(22)23/h7-8,10,13-14,16,21,29,31H,6,9,11H2,1-5H3/t13-,14+,16+,21+,23-,24-,25?,26+/m0/s1. The molecule has 176 valence electrons. The lowest BCUT2D eigenvalue weighted by atomic mass is 9.39. The van der Waals surface area contributed by atoms with Gasteiger partial charge in [-0.05, 0) is 63.5 Å². The van der Waals surface area contributed by atoms with Crippen molar-refractivity contribution in [2.45, 2.75) is 71.9 Å². The van der Waals surface area contributed by atoms with Crippen LogP contribution in [-0.2, 0) is 23.9 Å². The molecule has 0 bridgehead atoms. The third kappa shape index (κ3) is 2.01. The summed E-state index contributed by atoms with van der Waals surface area (Å²) in [4.78, 5) is 38.6. The van der Waals surface area contributed by atoms with E-state index in [1.165, 1.54) is 6.08 Å². The van der Waals surface area contributed by atoms with Gasteiger partial charge in [0.25, 0.3) is 0 Å². The predicted molar refractivity (Wildman–Crippen MR) is 116 cm³/mol. The van der Waals surface area contributed by atoms with E-state index in [0.717, 1.165) is 6.42 Å². The monoisotopic (exact) mass is 454 g/mol. The zero-order valence-corrected chi connectivity index (χ0v) is 19.6. The average molecular weight is 455 g/mol. The number of Topliss-reactive ketones (excluding diaryl/α,β-unsaturated/α-hetero) is 1. The number of hydrogen-bond acceptors (Lipinski definition) is 7. The molecule has 33 heavy (non-hydrogen) atoms. The molecule has 0 radical (unpaired) electrons. The molecule has 2 N–H and O–H groups in total. The summed E-state index contributed by atoms with van der Waals surface area (Å²) in [6, 6.07) is 0. The van der Waals surface area contributed by atoms with Crippen LogP contribution >= 0.6 is 0 Å². The molecule has 1 saturated heterocycles. The summed E-state index contributed by atoms with van der Waals surface area (Å²) >= 11 is 0. The van der Waals surface area contributed by atoms with Gasteiger partial charge in [0.15, 0.2) is 11.5 Å². The maximum atomic E-state index is 14.1. The fourth-order valence-electron chi connectivity index (χ4n) is 9.00. The number of aliphatic hydroxyl groups is 2. The molecule has 0 amide bonds. The molecule has 7 heteroatoms. The lowest BCUT2D eigenvalue weighted by Gasteiger charge is -2.62. The van der Waals surface area contributed by atoms with Gasteiger partial charge in [-0.1, -0.05) is 19.9 Å². The van der Waals surface area contributed by atoms with Gasteiger partial charge in [0.1, 0.15) is 5.60 Å². The van der Waals surface area contributed by atoms with Crippen LogP contribution in [-0.4, -0.2) is 45.7 Å². The molecule has 6 rings (SSSR count). The maximum absolute atomic E-state index is 14.1. The number of rotatable bonds is 1. The van der Waals surface area contributed by atoms with Crippen LogP contribution in [0.4, 0.5) is 0 Å². The smallest absolute Gasteiger partial charge is 0.333 e. The number of hydrogen-bond donors (Lipinski definition) is 2. The van der Waals surface area contributed by atoms with Crippen molar-refractivity contribution >= 4 is 17.5 Å². The first-order chi connectivity index (χ1) is 15.3. The van der Waals surface area contributed by atoms with E-state index in [-0.39, 0.29) is 35.3 Å². The Kier molecular flexibility index (Phi) is 3.67. The molecule has 8 atom stereocenters. The Morgan fingerprint density at radius 1 is 1.09 bits per heavy atom. The topological polar surface area (TPSA) is 113 Å². The molecule has 2 heterocycles. The van der Waals surface area contributed by atoms with Crippen molar-refractivity contribution in [1.29, 1.82) is 0 Å². The molecule has 0 aromatic heterocycles. The van der Waals surface area contributed by atoms with Gasteiger partial charge in [0.05, 0.1) is 16.9 Å². The van der Waals surface area contributed by atoms with Gasteiger partial charge in [-0.25, -0.2) is 4.79 Å². The van der Waals surface area contributed by atoms with Crippen molar-refractivity contribution in [2.75, 3.05) is 0 Å². The molecule has 0 aromatic rings. The van der Waals surface area contributed by atoms with Crippen molar-refractivity contribution in [3.05, 3.63) is 35.1 Å². The van der Waals surface area contributed by atoms with Crippen LogP contribution in [0.3, 0.4) is 0 Å². The Morgan fingerprint density at radius 2 is 1.79 bits per heavy atom. The fraction of sp³-hybridized carbons (Fsp3) is 0.654. The van der Waals surface area contributed by atoms with E-state index in [4.69, 9.17) is 9.47 Å². The minimum atomic E-state index is -1.27. The molecule has 1 spiro atoms. The number of epoxide rings is 1. The van der Waals surface area contributed by atoms with E-state index in [2.05, 4.69) is 6.92 Å². The highest BCUT2D eigenvalue weighted by Gasteiger charge is 2.87. The lowest BCUT2D eigenvalue weighted by molar-refractivity contribution is -0.166. The number of carbonyl (C=O) groups excluding carboxylic acids is 3. The Hall–Kier alpha value is -2.25. The molecule has 2 saturated carbocycles. The van der Waals surface area contributed by atoms with Crippen molar-refractivity contribution in [1.82, 2.24) is 0 Å². The molecule has 7 nitrogen and oxygen atoms in total. The van der Waals surface area contributed by atoms with Crippen molar-refractivity contribution in [2.24, 2.45) is 33.5 Å². The zero-order valence-electron chi connectivity index (χ0n) is 19.6. The molecule has 4 aliphatic carbocycles. The second kappa shape index (κ2) is 5.69. The van der Waals surface area contributed by atoms with Crippen molar-refractivity contribution < 1.29 is 34.1 Å². The molecule has 6 aliphatic rings. The SMILES string of the molecule is CC1(C)C(=O)C=C[C@]2(C)C1=C(O)C(=O)C1(C)[C@@H]2CC[C@@]2(C)[C@H](C3=CC(=O)O[C@H]3O)C[C@H]3O[C@@]312. The largest absolute Gasteiger partial charge is 0.504 e. The van der Waals surface area contributed by atoms with E-state index in [1.807, 2.05) is 19.9 Å². The first kappa shape index (κ1) is 21.3. The van der Waals surface area contributed by atoms with Crippen LogP contribution in [0.1, 0.15) is 53.9 Å². The summed E-state index contributed by atoms with van der Waals surface area (Å²) in [6.07, 6.45) is 5.37. The predicted octanol–water partition coefficient (Wildman–Crippen LogP) is 2.93. The van der Waals surface area contributed by atoms with Gasteiger partial charge in [-0.2, -0.15) is 0 Å². The molecular weight excluding hydrogens is 424 g/mol. The van der Waals surface area contributed by atoms with Gasteiger partial charge >= 0.3 is 5.97 Å². The van der Waals surface area contributed by atoms with E-state index >= 15 is 0 Å². The van der Waals surface area contributed by atoms with Gasteiger partial charge in [0, 0.05) is 22.5 Å². The summed E-state index contributed by atoms with van der Waals surface area (Å²) in [5, 5.41) is 21.7. The first-order valence-corrected chi connectivity index (χ1v) is 11.8. The number of ether oxygens (including phenoxy) is 2. The fourth-order valence-corrected chi connectivity index (χ4v) is 9.00. The summed E-state index contributed by atoms with van der Waals surface area (Å²) in [5.74, 6) is -1.67. The Labute approximate surface area is 192 Å². The Bertz CT molecular complexity index is 1140. The van der Waals surface area contributed by atoms with Gasteiger partial charge in [-0.3, -0.25) is 9.59 Å². The maximum Gasteiger partial charge on any atom is 0.333 e. The number of fused-ring (bicyclic) bond motifs is 3. The summed E-state index contributed by atoms with van der Waals surface area (Å²) < 4.78 is 11.4. The zero-order chi connectivity index (χ0) is 23.9. The number of carbonyl (C=O) groups is 3. The van der Waals surface area contributed by atoms with Crippen LogP contribution in [0.25, 0.3) is 0 Å². The van der Waals surface area contributed by atoms with Crippen molar-refractivity contribution in [3.63, 3.8) is 0 Å². The summed E-state index contributed by atoms with van der Waals surface area (Å²) in [5.41, 5.74) is -2.93. The van der Waals surface area contributed by atoms with Crippen LogP contribution < -0.4 is 0 Å². The molecule has 2 aliphatic heterocycles. The van der Waals surface area contributed by atoms with Gasteiger partial charge < -0.3 is 19.7 Å². The second-order valence-electron chi connectivity index (χ2n) is 11.9. The summed E-state index contributed by atoms with van der Waals surface area (Å²) in [7, 11) is 0. The number of esters is 1. The van der Waals surface area contributed by atoms with Crippen LogP contribution in [0, 0.1) is 33.5 Å². The van der Waals surface area contributed by atoms with E-state index in [1.54, 1.807) is 19.9 Å². The highest BCUT2D eigenvalue weighted by molar-refractivity contribution is 6.06. The van der Waals surface area contributed by atoms with Crippen molar-refractivity contribution in [3.8, 4) is 0 Å². The highest BCUT2D eigenvalue weighted by atomic mass is 16.6. The Morgan fingerprint density at radius 3 is 2.42 bits per heavy atom. The minimum Gasteiger partial charge on any atom is -0.504 e. The van der Waals surface area contributed by atoms with E-state index in [0.29, 0.717) is 24.0 Å². The number of cyclic esters (lactones) is 1. The summed E-state index contributed by atoms with van der Waals surface area (Å²) in [6.45, 7) is 9.57.